The van der Waals surface area contributed by atoms with Gasteiger partial charge in [-0.25, -0.2) is 0 Å². The van der Waals surface area contributed by atoms with Gasteiger partial charge in [0.05, 0.1) is 0 Å². The van der Waals surface area contributed by atoms with Crippen LogP contribution in [0.2, 0.25) is 19.6 Å². The van der Waals surface area contributed by atoms with Gasteiger partial charge in [-0.3, -0.25) is 0 Å². The average Bonchev–Trinajstić information content (AvgIpc) is 2.20. The summed E-state index contributed by atoms with van der Waals surface area (Å²) < 4.78 is 0. The van der Waals surface area contributed by atoms with E-state index in [0.717, 1.165) is 0 Å². The summed E-state index contributed by atoms with van der Waals surface area (Å²) in [4.78, 5) is 0. The van der Waals surface area contributed by atoms with E-state index in [9.17, 15) is 0 Å². The van der Waals surface area contributed by atoms with Crippen LogP contribution in [-0.4, -0.2) is 8.07 Å². The maximum Gasteiger partial charge on any atom is 0.0371 e. The molecule has 0 aromatic heterocycles. The van der Waals surface area contributed by atoms with Crippen LogP contribution in [-0.2, 0) is 27.8 Å². The zero-order chi connectivity index (χ0) is 11.1. The van der Waals surface area contributed by atoms with Gasteiger partial charge in [0.1, 0.15) is 0 Å². The first-order valence-corrected chi connectivity index (χ1v) is 9.16. The van der Waals surface area contributed by atoms with Gasteiger partial charge in [0.15, 0.2) is 0 Å². The molecule has 1 aromatic rings. The van der Waals surface area contributed by atoms with Gasteiger partial charge in [-0.15, -0.1) is 0 Å². The summed E-state index contributed by atoms with van der Waals surface area (Å²) in [6.07, 6.45) is 0. The van der Waals surface area contributed by atoms with Gasteiger partial charge in [0.25, 0.3) is 0 Å². The first-order chi connectivity index (χ1) is 6.24. The van der Waals surface area contributed by atoms with Crippen molar-refractivity contribution in [1.29, 1.82) is 0 Å². The molecule has 0 radical (unpaired) electrons. The summed E-state index contributed by atoms with van der Waals surface area (Å²) in [5, 5.41) is 0. The van der Waals surface area contributed by atoms with Crippen LogP contribution in [0.4, 0.5) is 0 Å². The molecular weight excluding hydrogens is 232 g/mol. The monoisotopic (exact) mass is 255 g/mol. The Balaban J connectivity index is 0.00000196. The van der Waals surface area contributed by atoms with Gasteiger partial charge >= 0.3 is 0 Å². The summed E-state index contributed by atoms with van der Waals surface area (Å²) >= 11 is 0. The number of hydrogen-bond donors (Lipinski definition) is 0. The largest absolute Gasteiger partial charge is 0.196 e. The van der Waals surface area contributed by atoms with Crippen LogP contribution < -0.4 is 0 Å². The second-order valence-corrected chi connectivity index (χ2v) is 11.2. The normalized spacial score (nSPS) is 11.4. The SMILES string of the molecule is Cc1c(C)c(C)[c-](C[Si](C)(C)C)c1C.[Ti]. The van der Waals surface area contributed by atoms with Crippen molar-refractivity contribution in [3.63, 3.8) is 0 Å². The molecule has 1 rings (SSSR count). The van der Waals surface area contributed by atoms with Crippen molar-refractivity contribution in [2.75, 3.05) is 0 Å². The van der Waals surface area contributed by atoms with E-state index in [1.54, 1.807) is 16.7 Å². The van der Waals surface area contributed by atoms with Crippen molar-refractivity contribution in [2.24, 2.45) is 0 Å². The molecular formula is C13H23SiTi-. The smallest absolute Gasteiger partial charge is 0.0371 e. The number of rotatable bonds is 2. The molecule has 0 spiro atoms. The maximum absolute atomic E-state index is 2.45. The van der Waals surface area contributed by atoms with Crippen molar-refractivity contribution in [2.45, 2.75) is 53.4 Å². The predicted octanol–water partition coefficient (Wildman–Crippen LogP) is 4.06. The van der Waals surface area contributed by atoms with Crippen molar-refractivity contribution in [1.82, 2.24) is 0 Å². The van der Waals surface area contributed by atoms with E-state index in [4.69, 9.17) is 0 Å². The summed E-state index contributed by atoms with van der Waals surface area (Å²) in [6.45, 7) is 16.4. The second-order valence-electron chi connectivity index (χ2n) is 5.72. The van der Waals surface area contributed by atoms with E-state index in [1.165, 1.54) is 17.2 Å². The first-order valence-electron chi connectivity index (χ1n) is 5.46. The molecule has 1 aromatic carbocycles. The Morgan fingerprint density at radius 3 is 1.47 bits per heavy atom. The molecule has 0 unspecified atom stereocenters. The van der Waals surface area contributed by atoms with Crippen LogP contribution in [0.1, 0.15) is 27.8 Å². The van der Waals surface area contributed by atoms with Gasteiger partial charge in [-0.2, -0.15) is 27.8 Å². The van der Waals surface area contributed by atoms with E-state index in [1.807, 2.05) is 0 Å². The van der Waals surface area contributed by atoms with E-state index >= 15 is 0 Å². The fourth-order valence-corrected chi connectivity index (χ4v) is 3.68. The maximum atomic E-state index is 2.45. The molecule has 0 aliphatic rings. The van der Waals surface area contributed by atoms with Crippen LogP contribution in [0.5, 0.6) is 0 Å². The van der Waals surface area contributed by atoms with Crippen molar-refractivity contribution < 1.29 is 21.7 Å². The zero-order valence-electron chi connectivity index (χ0n) is 11.2. The molecule has 0 saturated heterocycles. The molecule has 0 amide bonds. The van der Waals surface area contributed by atoms with Crippen molar-refractivity contribution in [3.05, 3.63) is 27.8 Å². The summed E-state index contributed by atoms with van der Waals surface area (Å²) in [6, 6.07) is 1.33. The average molecular weight is 255 g/mol. The standard InChI is InChI=1S/C13H23Si.Ti/c1-9-10(2)12(4)13(11(9)3)8-14(5,6)7;/h8H2,1-7H3;/q-1;. The Labute approximate surface area is 111 Å². The quantitative estimate of drug-likeness (QED) is 0.552. The Bertz CT molecular complexity index is 317. The third-order valence-electron chi connectivity index (χ3n) is 3.30. The molecule has 0 heterocycles. The van der Waals surface area contributed by atoms with Crippen LogP contribution in [0.3, 0.4) is 0 Å². The third-order valence-corrected chi connectivity index (χ3v) is 4.71. The van der Waals surface area contributed by atoms with E-state index in [2.05, 4.69) is 47.3 Å². The predicted molar refractivity (Wildman–Crippen MR) is 68.0 cm³/mol. The van der Waals surface area contributed by atoms with Crippen LogP contribution in [0.25, 0.3) is 0 Å². The molecule has 0 bridgehead atoms. The summed E-state index contributed by atoms with van der Waals surface area (Å²) in [5.74, 6) is 0. The summed E-state index contributed by atoms with van der Waals surface area (Å²) in [7, 11) is -0.970. The Hall–Kier alpha value is 0.281. The molecule has 0 fully saturated rings. The molecule has 0 aliphatic heterocycles. The zero-order valence-corrected chi connectivity index (χ0v) is 13.8. The molecule has 0 saturated carbocycles. The fraction of sp³-hybridized carbons (Fsp3) is 0.615. The fourth-order valence-electron chi connectivity index (χ4n) is 2.09. The molecule has 84 valence electrons. The van der Waals surface area contributed by atoms with Gasteiger partial charge in [-0.05, 0) is 0 Å². The molecule has 2 heteroatoms. The second kappa shape index (κ2) is 5.07. The van der Waals surface area contributed by atoms with Crippen LogP contribution in [0, 0.1) is 27.7 Å². The summed E-state index contributed by atoms with van der Waals surface area (Å²) in [5.41, 5.74) is 7.75. The Morgan fingerprint density at radius 2 is 1.20 bits per heavy atom. The van der Waals surface area contributed by atoms with Gasteiger partial charge in [-0.1, -0.05) is 53.4 Å². The minimum absolute atomic E-state index is 0. The molecule has 0 atom stereocenters. The Morgan fingerprint density at radius 1 is 0.867 bits per heavy atom. The molecule has 0 nitrogen and oxygen atoms in total. The van der Waals surface area contributed by atoms with Crippen molar-refractivity contribution >= 4 is 8.07 Å². The molecule has 15 heavy (non-hydrogen) atoms. The minimum atomic E-state index is -0.970. The first kappa shape index (κ1) is 15.3. The van der Waals surface area contributed by atoms with E-state index in [-0.39, 0.29) is 21.7 Å². The molecule has 0 N–H and O–H groups in total. The van der Waals surface area contributed by atoms with Gasteiger partial charge in [0.2, 0.25) is 0 Å². The van der Waals surface area contributed by atoms with Crippen LogP contribution >= 0.6 is 0 Å². The third kappa shape index (κ3) is 3.37. The molecule has 0 aliphatic carbocycles. The van der Waals surface area contributed by atoms with E-state index < -0.39 is 8.07 Å². The van der Waals surface area contributed by atoms with E-state index in [0.29, 0.717) is 0 Å². The van der Waals surface area contributed by atoms with Gasteiger partial charge in [0, 0.05) is 29.8 Å². The Kier molecular flexibility index (Phi) is 5.17. The number of hydrogen-bond acceptors (Lipinski definition) is 0. The van der Waals surface area contributed by atoms with Crippen LogP contribution in [0.15, 0.2) is 0 Å². The topological polar surface area (TPSA) is 0 Å². The van der Waals surface area contributed by atoms with Gasteiger partial charge < -0.3 is 0 Å². The van der Waals surface area contributed by atoms with Crippen molar-refractivity contribution in [3.8, 4) is 0 Å². The minimum Gasteiger partial charge on any atom is -0.196 e.